The summed E-state index contributed by atoms with van der Waals surface area (Å²) < 4.78 is 0. The molecular formula is C15H21NO. The maximum absolute atomic E-state index is 9.22. The third-order valence-corrected chi connectivity index (χ3v) is 3.31. The smallest absolute Gasteiger partial charge is 0.0546 e. The fourth-order valence-corrected chi connectivity index (χ4v) is 2.30. The van der Waals surface area contributed by atoms with Crippen LogP contribution >= 0.6 is 0 Å². The topological polar surface area (TPSA) is 23.5 Å². The van der Waals surface area contributed by atoms with Crippen molar-refractivity contribution in [2.45, 2.75) is 18.9 Å². The van der Waals surface area contributed by atoms with E-state index in [1.54, 1.807) is 0 Å². The van der Waals surface area contributed by atoms with Gasteiger partial charge in [0.1, 0.15) is 0 Å². The van der Waals surface area contributed by atoms with Crippen LogP contribution in [0.15, 0.2) is 36.4 Å². The highest BCUT2D eigenvalue weighted by molar-refractivity contribution is 5.48. The number of nitrogens with zero attached hydrogens (tertiary/aromatic N) is 1. The van der Waals surface area contributed by atoms with Crippen LogP contribution in [0, 0.1) is 5.92 Å². The number of rotatable bonds is 5. The van der Waals surface area contributed by atoms with Gasteiger partial charge >= 0.3 is 0 Å². The van der Waals surface area contributed by atoms with E-state index in [-0.39, 0.29) is 6.10 Å². The molecule has 0 amide bonds. The average molecular weight is 231 g/mol. The van der Waals surface area contributed by atoms with E-state index in [9.17, 15) is 5.11 Å². The lowest BCUT2D eigenvalue weighted by Gasteiger charge is -2.34. The van der Waals surface area contributed by atoms with E-state index in [2.05, 4.69) is 48.4 Å². The second-order valence-electron chi connectivity index (χ2n) is 5.03. The fraction of sp³-hybridized carbons (Fsp3) is 0.467. The molecule has 2 rings (SSSR count). The number of hydrogen-bond acceptors (Lipinski definition) is 2. The number of benzene rings is 1. The Morgan fingerprint density at radius 1 is 1.29 bits per heavy atom. The molecule has 1 fully saturated rings. The number of hydrogen-bond donors (Lipinski definition) is 1. The quantitative estimate of drug-likeness (QED) is 0.841. The summed E-state index contributed by atoms with van der Waals surface area (Å²) in [5, 5.41) is 9.22. The lowest BCUT2D eigenvalue weighted by molar-refractivity contribution is 0.0298. The van der Waals surface area contributed by atoms with Crippen LogP contribution in [-0.4, -0.2) is 36.2 Å². The standard InChI is InChI=1S/C15H21NO/c1-16(12-14-10-15(17)11-14)9-5-8-13-6-3-2-4-7-13/h2-8,14-15,17H,9-12H2,1H3. The first-order chi connectivity index (χ1) is 8.24. The highest BCUT2D eigenvalue weighted by Crippen LogP contribution is 2.27. The molecule has 0 spiro atoms. The van der Waals surface area contributed by atoms with Crippen molar-refractivity contribution in [3.8, 4) is 0 Å². The zero-order valence-electron chi connectivity index (χ0n) is 10.4. The summed E-state index contributed by atoms with van der Waals surface area (Å²) in [5.41, 5.74) is 1.25. The van der Waals surface area contributed by atoms with Crippen molar-refractivity contribution in [3.63, 3.8) is 0 Å². The molecular weight excluding hydrogens is 210 g/mol. The maximum Gasteiger partial charge on any atom is 0.0546 e. The van der Waals surface area contributed by atoms with Crippen molar-refractivity contribution < 1.29 is 5.11 Å². The van der Waals surface area contributed by atoms with Crippen molar-refractivity contribution in [1.82, 2.24) is 4.90 Å². The van der Waals surface area contributed by atoms with Crippen LogP contribution in [0.2, 0.25) is 0 Å². The van der Waals surface area contributed by atoms with Gasteiger partial charge in [-0.3, -0.25) is 0 Å². The molecule has 0 saturated heterocycles. The zero-order chi connectivity index (χ0) is 12.1. The zero-order valence-corrected chi connectivity index (χ0v) is 10.4. The van der Waals surface area contributed by atoms with Crippen molar-refractivity contribution in [2.24, 2.45) is 5.92 Å². The van der Waals surface area contributed by atoms with Gasteiger partial charge in [0.05, 0.1) is 6.10 Å². The monoisotopic (exact) mass is 231 g/mol. The lowest BCUT2D eigenvalue weighted by Crippen LogP contribution is -2.37. The first-order valence-corrected chi connectivity index (χ1v) is 6.32. The minimum absolute atomic E-state index is 0.0340. The van der Waals surface area contributed by atoms with Gasteiger partial charge in [-0.1, -0.05) is 42.5 Å². The molecule has 1 aliphatic carbocycles. The highest BCUT2D eigenvalue weighted by atomic mass is 16.3. The third kappa shape index (κ3) is 3.99. The highest BCUT2D eigenvalue weighted by Gasteiger charge is 2.27. The summed E-state index contributed by atoms with van der Waals surface area (Å²) in [4.78, 5) is 2.32. The molecule has 0 radical (unpaired) electrons. The van der Waals surface area contributed by atoms with Crippen molar-refractivity contribution in [1.29, 1.82) is 0 Å². The summed E-state index contributed by atoms with van der Waals surface area (Å²) in [5.74, 6) is 0.695. The van der Waals surface area contributed by atoms with Crippen LogP contribution in [0.1, 0.15) is 18.4 Å². The first kappa shape index (κ1) is 12.3. The first-order valence-electron chi connectivity index (χ1n) is 6.32. The van der Waals surface area contributed by atoms with E-state index < -0.39 is 0 Å². The molecule has 2 heteroatoms. The van der Waals surface area contributed by atoms with E-state index in [1.807, 2.05) is 6.07 Å². The van der Waals surface area contributed by atoms with Gasteiger partial charge < -0.3 is 10.0 Å². The van der Waals surface area contributed by atoms with Crippen LogP contribution in [-0.2, 0) is 0 Å². The number of aliphatic hydroxyl groups is 1. The fourth-order valence-electron chi connectivity index (χ4n) is 2.30. The van der Waals surface area contributed by atoms with Gasteiger partial charge in [-0.2, -0.15) is 0 Å². The van der Waals surface area contributed by atoms with E-state index >= 15 is 0 Å². The molecule has 1 aromatic rings. The minimum Gasteiger partial charge on any atom is -0.393 e. The Morgan fingerprint density at radius 2 is 2.00 bits per heavy atom. The molecule has 0 unspecified atom stereocenters. The normalized spacial score (nSPS) is 24.2. The Balaban J connectivity index is 1.69. The molecule has 0 aliphatic heterocycles. The van der Waals surface area contributed by atoms with Gasteiger partial charge in [-0.15, -0.1) is 0 Å². The van der Waals surface area contributed by atoms with Crippen molar-refractivity contribution >= 4 is 6.08 Å². The summed E-state index contributed by atoms with van der Waals surface area (Å²) in [6.07, 6.45) is 6.28. The second-order valence-corrected chi connectivity index (χ2v) is 5.03. The third-order valence-electron chi connectivity index (χ3n) is 3.31. The molecule has 0 atom stereocenters. The summed E-state index contributed by atoms with van der Waals surface area (Å²) >= 11 is 0. The van der Waals surface area contributed by atoms with Crippen molar-refractivity contribution in [3.05, 3.63) is 42.0 Å². The van der Waals surface area contributed by atoms with E-state index in [0.717, 1.165) is 25.9 Å². The maximum atomic E-state index is 9.22. The summed E-state index contributed by atoms with van der Waals surface area (Å²) in [6, 6.07) is 10.4. The Kier molecular flexibility index (Phi) is 4.35. The molecule has 2 nitrogen and oxygen atoms in total. The largest absolute Gasteiger partial charge is 0.393 e. The predicted molar refractivity (Wildman–Crippen MR) is 71.7 cm³/mol. The van der Waals surface area contributed by atoms with Gasteiger partial charge in [0.25, 0.3) is 0 Å². The predicted octanol–water partition coefficient (Wildman–Crippen LogP) is 2.40. The molecule has 17 heavy (non-hydrogen) atoms. The summed E-state index contributed by atoms with van der Waals surface area (Å²) in [7, 11) is 2.14. The summed E-state index contributed by atoms with van der Waals surface area (Å²) in [6.45, 7) is 2.07. The Bertz CT molecular complexity index is 354. The van der Waals surface area contributed by atoms with E-state index in [4.69, 9.17) is 0 Å². The van der Waals surface area contributed by atoms with Crippen molar-refractivity contribution in [2.75, 3.05) is 20.1 Å². The van der Waals surface area contributed by atoms with Gasteiger partial charge in [0, 0.05) is 13.1 Å². The lowest BCUT2D eigenvalue weighted by atomic mass is 9.82. The van der Waals surface area contributed by atoms with E-state index in [1.165, 1.54) is 5.56 Å². The molecule has 92 valence electrons. The molecule has 0 bridgehead atoms. The van der Waals surface area contributed by atoms with Crippen LogP contribution < -0.4 is 0 Å². The molecule has 1 aliphatic rings. The Hall–Kier alpha value is -1.12. The van der Waals surface area contributed by atoms with Gasteiger partial charge in [-0.25, -0.2) is 0 Å². The SMILES string of the molecule is CN(CC=Cc1ccccc1)CC1CC(O)C1. The number of likely N-dealkylation sites (N-methyl/N-ethyl adjacent to an activating group) is 1. The number of aliphatic hydroxyl groups excluding tert-OH is 1. The molecule has 1 saturated carbocycles. The molecule has 0 heterocycles. The Labute approximate surface area is 104 Å². The van der Waals surface area contributed by atoms with E-state index in [0.29, 0.717) is 5.92 Å². The molecule has 0 aromatic heterocycles. The molecule has 1 aromatic carbocycles. The van der Waals surface area contributed by atoms with Crippen LogP contribution in [0.25, 0.3) is 6.08 Å². The second kappa shape index (κ2) is 5.99. The van der Waals surface area contributed by atoms with Crippen LogP contribution in [0.4, 0.5) is 0 Å². The van der Waals surface area contributed by atoms with Crippen LogP contribution in [0.3, 0.4) is 0 Å². The minimum atomic E-state index is -0.0340. The van der Waals surface area contributed by atoms with Gasteiger partial charge in [0.2, 0.25) is 0 Å². The van der Waals surface area contributed by atoms with Crippen LogP contribution in [0.5, 0.6) is 0 Å². The molecule has 1 N–H and O–H groups in total. The van der Waals surface area contributed by atoms with Gasteiger partial charge in [0.15, 0.2) is 0 Å². The Morgan fingerprint density at radius 3 is 2.65 bits per heavy atom. The average Bonchev–Trinajstić information content (AvgIpc) is 2.28. The van der Waals surface area contributed by atoms with Gasteiger partial charge in [-0.05, 0) is 31.4 Å².